The molecule has 0 bridgehead atoms. The van der Waals surface area contributed by atoms with Gasteiger partial charge in [0.25, 0.3) is 0 Å². The third-order valence-corrected chi connectivity index (χ3v) is 4.26. The molecule has 0 unspecified atom stereocenters. The van der Waals surface area contributed by atoms with Crippen molar-refractivity contribution in [1.29, 1.82) is 0 Å². The van der Waals surface area contributed by atoms with Crippen molar-refractivity contribution in [3.8, 4) is 11.6 Å². The van der Waals surface area contributed by atoms with Crippen LogP contribution in [-0.4, -0.2) is 27.4 Å². The Hall–Kier alpha value is -3.48. The Bertz CT molecular complexity index is 1230. The van der Waals surface area contributed by atoms with Crippen LogP contribution in [0.2, 0.25) is 0 Å². The highest BCUT2D eigenvalue weighted by Gasteiger charge is 2.19. The van der Waals surface area contributed by atoms with Crippen molar-refractivity contribution in [2.45, 2.75) is 13.5 Å². The molecule has 7 nitrogen and oxygen atoms in total. The van der Waals surface area contributed by atoms with Crippen LogP contribution in [0.25, 0.3) is 32.7 Å². The molecular formula is C19H15NO6. The van der Waals surface area contributed by atoms with Gasteiger partial charge in [0.15, 0.2) is 5.43 Å². The average molecular weight is 353 g/mol. The molecule has 4 aromatic rings. The maximum Gasteiger partial charge on any atom is 0.326 e. The molecule has 0 radical (unpaired) electrons. The lowest BCUT2D eigenvalue weighted by Crippen LogP contribution is -2.15. The summed E-state index contributed by atoms with van der Waals surface area (Å²) < 4.78 is 12.0. The Balaban J connectivity index is 2.15. The van der Waals surface area contributed by atoms with Crippen LogP contribution in [0.15, 0.2) is 45.7 Å². The van der Waals surface area contributed by atoms with Gasteiger partial charge < -0.3 is 23.9 Å². The monoisotopic (exact) mass is 353 g/mol. The van der Waals surface area contributed by atoms with E-state index in [0.29, 0.717) is 27.3 Å². The van der Waals surface area contributed by atoms with E-state index in [9.17, 15) is 19.8 Å². The second-order valence-corrected chi connectivity index (χ2v) is 5.89. The first-order valence-electron chi connectivity index (χ1n) is 8.05. The van der Waals surface area contributed by atoms with Crippen LogP contribution in [0.3, 0.4) is 0 Å². The molecule has 132 valence electrons. The van der Waals surface area contributed by atoms with E-state index in [2.05, 4.69) is 0 Å². The summed E-state index contributed by atoms with van der Waals surface area (Å²) in [5, 5.41) is 22.0. The van der Waals surface area contributed by atoms with Gasteiger partial charge in [-0.3, -0.25) is 9.59 Å². The van der Waals surface area contributed by atoms with E-state index in [1.54, 1.807) is 25.3 Å². The van der Waals surface area contributed by atoms with Crippen molar-refractivity contribution in [3.05, 3.63) is 46.8 Å². The van der Waals surface area contributed by atoms with Crippen molar-refractivity contribution in [3.63, 3.8) is 0 Å². The fourth-order valence-electron chi connectivity index (χ4n) is 3.17. The van der Waals surface area contributed by atoms with E-state index in [1.807, 2.05) is 0 Å². The topological polar surface area (TPSA) is 102 Å². The van der Waals surface area contributed by atoms with Crippen LogP contribution in [0.5, 0.6) is 11.6 Å². The molecule has 2 heterocycles. The number of hydrogen-bond acceptors (Lipinski definition) is 6. The Labute approximate surface area is 146 Å². The van der Waals surface area contributed by atoms with Gasteiger partial charge in [-0.2, -0.15) is 0 Å². The van der Waals surface area contributed by atoms with Gasteiger partial charge in [-0.1, -0.05) is 0 Å². The molecule has 0 spiro atoms. The SMILES string of the molecule is CCOC(=O)Cn1cc2c3cc(O)ccc3oc3ccc(=O)c(c1O)c32. The molecule has 0 aliphatic heterocycles. The van der Waals surface area contributed by atoms with Crippen LogP contribution in [0, 0.1) is 0 Å². The predicted molar refractivity (Wildman–Crippen MR) is 95.4 cm³/mol. The summed E-state index contributed by atoms with van der Waals surface area (Å²) in [5.41, 5.74) is 0.530. The second-order valence-electron chi connectivity index (χ2n) is 5.89. The molecular weight excluding hydrogens is 338 g/mol. The summed E-state index contributed by atoms with van der Waals surface area (Å²) in [6, 6.07) is 7.47. The Morgan fingerprint density at radius 1 is 1.12 bits per heavy atom. The zero-order valence-electron chi connectivity index (χ0n) is 13.9. The van der Waals surface area contributed by atoms with E-state index < -0.39 is 11.4 Å². The van der Waals surface area contributed by atoms with Gasteiger partial charge in [-0.15, -0.1) is 0 Å². The number of phenolic OH excluding ortho intramolecular Hbond substituents is 1. The van der Waals surface area contributed by atoms with Crippen LogP contribution in [0.4, 0.5) is 0 Å². The van der Waals surface area contributed by atoms with Crippen molar-refractivity contribution >= 4 is 38.7 Å². The minimum absolute atomic E-state index is 0.0345. The largest absolute Gasteiger partial charge is 0.508 e. The number of aromatic hydroxyl groups is 2. The van der Waals surface area contributed by atoms with Crippen molar-refractivity contribution < 1.29 is 24.2 Å². The van der Waals surface area contributed by atoms with E-state index in [1.165, 1.54) is 22.8 Å². The van der Waals surface area contributed by atoms with Gasteiger partial charge in [0, 0.05) is 22.4 Å². The van der Waals surface area contributed by atoms with Crippen LogP contribution in [-0.2, 0) is 16.1 Å². The third-order valence-electron chi connectivity index (χ3n) is 4.26. The third kappa shape index (κ3) is 2.36. The molecule has 0 atom stereocenters. The molecule has 2 N–H and O–H groups in total. The van der Waals surface area contributed by atoms with Gasteiger partial charge in [0.2, 0.25) is 5.88 Å². The summed E-state index contributed by atoms with van der Waals surface area (Å²) in [6.07, 6.45) is 1.55. The van der Waals surface area contributed by atoms with Crippen molar-refractivity contribution in [1.82, 2.24) is 4.57 Å². The smallest absolute Gasteiger partial charge is 0.326 e. The molecule has 26 heavy (non-hydrogen) atoms. The fourth-order valence-corrected chi connectivity index (χ4v) is 3.17. The number of aromatic nitrogens is 1. The zero-order chi connectivity index (χ0) is 18.4. The van der Waals surface area contributed by atoms with Gasteiger partial charge in [0.05, 0.1) is 12.0 Å². The number of hydrogen-bond donors (Lipinski definition) is 2. The fraction of sp³-hybridized carbons (Fsp3) is 0.158. The molecule has 0 amide bonds. The standard InChI is InChI=1S/C19H15NO6/c1-2-25-16(23)9-20-8-12-11-7-10(21)3-5-14(11)26-15-6-4-13(22)18(17(12)15)19(20)24/h3-8,21,24H,2,9H2,1H3. The van der Waals surface area contributed by atoms with Gasteiger partial charge in [-0.05, 0) is 37.3 Å². The van der Waals surface area contributed by atoms with Gasteiger partial charge in [-0.25, -0.2) is 0 Å². The highest BCUT2D eigenvalue weighted by Crippen LogP contribution is 2.36. The Morgan fingerprint density at radius 2 is 1.88 bits per heavy atom. The first kappa shape index (κ1) is 16.0. The van der Waals surface area contributed by atoms with Crippen molar-refractivity contribution in [2.75, 3.05) is 6.61 Å². The second kappa shape index (κ2) is 5.80. The average Bonchev–Trinajstić information content (AvgIpc) is 2.60. The number of pyridine rings is 1. The summed E-state index contributed by atoms with van der Waals surface area (Å²) >= 11 is 0. The molecule has 0 aliphatic rings. The molecule has 0 saturated carbocycles. The highest BCUT2D eigenvalue weighted by molar-refractivity contribution is 6.18. The summed E-state index contributed by atoms with van der Waals surface area (Å²) in [7, 11) is 0. The quantitative estimate of drug-likeness (QED) is 0.334. The van der Waals surface area contributed by atoms with Crippen LogP contribution < -0.4 is 5.43 Å². The van der Waals surface area contributed by atoms with Crippen LogP contribution >= 0.6 is 0 Å². The predicted octanol–water partition coefficient (Wildman–Crippen LogP) is 2.88. The molecule has 2 aromatic heterocycles. The molecule has 0 saturated heterocycles. The normalized spacial score (nSPS) is 11.4. The first-order chi connectivity index (χ1) is 12.5. The number of phenols is 1. The lowest BCUT2D eigenvalue weighted by molar-refractivity contribution is -0.143. The summed E-state index contributed by atoms with van der Waals surface area (Å²) in [4.78, 5) is 24.3. The highest BCUT2D eigenvalue weighted by atomic mass is 16.5. The number of carbonyl (C=O) groups is 1. The van der Waals surface area contributed by atoms with E-state index >= 15 is 0 Å². The Kier molecular flexibility index (Phi) is 3.57. The molecule has 0 aliphatic carbocycles. The molecule has 2 aromatic carbocycles. The summed E-state index contributed by atoms with van der Waals surface area (Å²) in [6.45, 7) is 1.65. The van der Waals surface area contributed by atoms with Gasteiger partial charge in [0.1, 0.15) is 23.5 Å². The van der Waals surface area contributed by atoms with E-state index in [-0.39, 0.29) is 30.2 Å². The Morgan fingerprint density at radius 3 is 2.65 bits per heavy atom. The molecule has 4 rings (SSSR count). The number of carbonyl (C=O) groups excluding carboxylic acids is 1. The van der Waals surface area contributed by atoms with Crippen LogP contribution in [0.1, 0.15) is 6.92 Å². The maximum absolute atomic E-state index is 12.4. The lowest BCUT2D eigenvalue weighted by Gasteiger charge is -2.15. The first-order valence-corrected chi connectivity index (χ1v) is 8.05. The van der Waals surface area contributed by atoms with E-state index in [4.69, 9.17) is 9.15 Å². The lowest BCUT2D eigenvalue weighted by atomic mass is 10.0. The van der Waals surface area contributed by atoms with E-state index in [0.717, 1.165) is 0 Å². The maximum atomic E-state index is 12.4. The molecule has 7 heteroatoms. The minimum Gasteiger partial charge on any atom is -0.508 e. The number of esters is 1. The summed E-state index contributed by atoms with van der Waals surface area (Å²) in [5.74, 6) is -0.839. The molecule has 0 fully saturated rings. The van der Waals surface area contributed by atoms with Crippen molar-refractivity contribution in [2.24, 2.45) is 0 Å². The number of nitrogens with zero attached hydrogens (tertiary/aromatic N) is 1. The zero-order valence-corrected chi connectivity index (χ0v) is 13.9. The number of fused-ring (bicyclic) bond motifs is 2. The number of benzene rings is 2. The number of rotatable bonds is 3. The number of ether oxygens (including phenoxy) is 1. The van der Waals surface area contributed by atoms with Gasteiger partial charge >= 0.3 is 5.97 Å². The minimum atomic E-state index is -0.536.